The van der Waals surface area contributed by atoms with Crippen LogP contribution in [0.25, 0.3) is 0 Å². The van der Waals surface area contributed by atoms with E-state index in [-0.39, 0.29) is 12.2 Å². The highest BCUT2D eigenvalue weighted by atomic mass is 16.5. The van der Waals surface area contributed by atoms with Crippen LogP contribution in [0, 0.1) is 0 Å². The molecule has 0 radical (unpaired) electrons. The lowest BCUT2D eigenvalue weighted by molar-refractivity contribution is -0.0652. The van der Waals surface area contributed by atoms with Crippen LogP contribution in [0.2, 0.25) is 0 Å². The molecule has 1 N–H and O–H groups in total. The lowest BCUT2D eigenvalue weighted by Crippen LogP contribution is -2.31. The van der Waals surface area contributed by atoms with E-state index in [9.17, 15) is 0 Å². The lowest BCUT2D eigenvalue weighted by Gasteiger charge is -2.31. The second-order valence-corrected chi connectivity index (χ2v) is 5.61. The van der Waals surface area contributed by atoms with Crippen LogP contribution < -0.4 is 10.1 Å². The maximum Gasteiger partial charge on any atom is 0.119 e. The highest BCUT2D eigenvalue weighted by molar-refractivity contribution is 5.30. The number of methoxy groups -OCH3 is 2. The van der Waals surface area contributed by atoms with Gasteiger partial charge in [-0.2, -0.15) is 0 Å². The van der Waals surface area contributed by atoms with E-state index < -0.39 is 0 Å². The Labute approximate surface area is 127 Å². The number of benzene rings is 1. The topological polar surface area (TPSA) is 39.7 Å². The van der Waals surface area contributed by atoms with Crippen LogP contribution in [0.3, 0.4) is 0 Å². The number of rotatable bonds is 7. The minimum Gasteiger partial charge on any atom is -0.497 e. The van der Waals surface area contributed by atoms with Gasteiger partial charge in [-0.15, -0.1) is 0 Å². The van der Waals surface area contributed by atoms with Crippen LogP contribution in [-0.2, 0) is 9.47 Å². The number of likely N-dealkylation sites (N-methyl/N-ethyl adjacent to an activating group) is 1. The molecule has 0 spiro atoms. The standard InChI is InChI=1S/C17H27NO3/c1-18-12-17(13-6-4-7-14(10-13)19-2)21-16-9-5-8-15(11-16)20-3/h4,6-7,10,15-18H,5,8-9,11-12H2,1-3H3. The Morgan fingerprint density at radius 3 is 2.76 bits per heavy atom. The summed E-state index contributed by atoms with van der Waals surface area (Å²) in [5, 5.41) is 3.22. The molecule has 1 fully saturated rings. The first-order chi connectivity index (χ1) is 10.3. The molecule has 4 heteroatoms. The molecule has 118 valence electrons. The second-order valence-electron chi connectivity index (χ2n) is 5.61. The van der Waals surface area contributed by atoms with Gasteiger partial charge in [-0.1, -0.05) is 12.1 Å². The molecule has 0 aliphatic heterocycles. The molecule has 3 unspecified atom stereocenters. The first kappa shape index (κ1) is 16.3. The maximum atomic E-state index is 6.35. The molecule has 0 amide bonds. The third kappa shape index (κ3) is 4.70. The number of hydrogen-bond acceptors (Lipinski definition) is 4. The summed E-state index contributed by atoms with van der Waals surface area (Å²) < 4.78 is 17.2. The molecule has 1 aromatic rings. The van der Waals surface area contributed by atoms with Crippen LogP contribution >= 0.6 is 0 Å². The molecule has 1 aromatic carbocycles. The fraction of sp³-hybridized carbons (Fsp3) is 0.647. The zero-order valence-corrected chi connectivity index (χ0v) is 13.3. The number of nitrogens with one attached hydrogen (secondary N) is 1. The van der Waals surface area contributed by atoms with Gasteiger partial charge in [-0.25, -0.2) is 0 Å². The molecule has 1 aliphatic rings. The Hall–Kier alpha value is -1.10. The van der Waals surface area contributed by atoms with Crippen molar-refractivity contribution in [3.63, 3.8) is 0 Å². The highest BCUT2D eigenvalue weighted by Gasteiger charge is 2.25. The Balaban J connectivity index is 2.04. The predicted molar refractivity (Wildman–Crippen MR) is 83.8 cm³/mol. The zero-order valence-electron chi connectivity index (χ0n) is 13.3. The maximum absolute atomic E-state index is 6.35. The van der Waals surface area contributed by atoms with Crippen molar-refractivity contribution in [1.82, 2.24) is 5.32 Å². The third-order valence-electron chi connectivity index (χ3n) is 4.12. The van der Waals surface area contributed by atoms with Crippen molar-refractivity contribution in [3.05, 3.63) is 29.8 Å². The summed E-state index contributed by atoms with van der Waals surface area (Å²) in [7, 11) is 5.44. The summed E-state index contributed by atoms with van der Waals surface area (Å²) in [6.07, 6.45) is 5.08. The van der Waals surface area contributed by atoms with E-state index in [1.165, 1.54) is 6.42 Å². The summed E-state index contributed by atoms with van der Waals surface area (Å²) in [4.78, 5) is 0. The molecule has 0 aromatic heterocycles. The van der Waals surface area contributed by atoms with E-state index in [1.807, 2.05) is 19.2 Å². The van der Waals surface area contributed by atoms with Crippen LogP contribution in [0.1, 0.15) is 37.4 Å². The highest BCUT2D eigenvalue weighted by Crippen LogP contribution is 2.29. The molecule has 3 atom stereocenters. The van der Waals surface area contributed by atoms with Crippen molar-refractivity contribution < 1.29 is 14.2 Å². The van der Waals surface area contributed by atoms with Crippen molar-refractivity contribution in [3.8, 4) is 5.75 Å². The van der Waals surface area contributed by atoms with Crippen molar-refractivity contribution in [2.75, 3.05) is 27.8 Å². The van der Waals surface area contributed by atoms with Crippen molar-refractivity contribution in [2.45, 2.75) is 44.0 Å². The number of hydrogen-bond donors (Lipinski definition) is 1. The molecule has 21 heavy (non-hydrogen) atoms. The quantitative estimate of drug-likeness (QED) is 0.839. The van der Waals surface area contributed by atoms with Gasteiger partial charge >= 0.3 is 0 Å². The Morgan fingerprint density at radius 2 is 2.05 bits per heavy atom. The number of ether oxygens (including phenoxy) is 3. The fourth-order valence-electron chi connectivity index (χ4n) is 2.94. The van der Waals surface area contributed by atoms with E-state index in [4.69, 9.17) is 14.2 Å². The lowest BCUT2D eigenvalue weighted by atomic mass is 9.94. The average Bonchev–Trinajstić information content (AvgIpc) is 2.54. The van der Waals surface area contributed by atoms with Crippen LogP contribution in [0.15, 0.2) is 24.3 Å². The summed E-state index contributed by atoms with van der Waals surface area (Å²) in [5.74, 6) is 0.871. The van der Waals surface area contributed by atoms with Gasteiger partial charge in [0.15, 0.2) is 0 Å². The predicted octanol–water partition coefficient (Wildman–Crippen LogP) is 2.93. The van der Waals surface area contributed by atoms with E-state index in [0.29, 0.717) is 6.10 Å². The van der Waals surface area contributed by atoms with Gasteiger partial charge in [0.05, 0.1) is 25.4 Å². The van der Waals surface area contributed by atoms with E-state index in [0.717, 1.165) is 37.1 Å². The van der Waals surface area contributed by atoms with Gasteiger partial charge in [0, 0.05) is 13.7 Å². The summed E-state index contributed by atoms with van der Waals surface area (Å²) in [6, 6.07) is 8.13. The smallest absolute Gasteiger partial charge is 0.119 e. The molecule has 0 heterocycles. The van der Waals surface area contributed by atoms with Gasteiger partial charge in [-0.05, 0) is 50.4 Å². The summed E-state index contributed by atoms with van der Waals surface area (Å²) >= 11 is 0. The normalized spacial score (nSPS) is 23.8. The molecule has 4 nitrogen and oxygen atoms in total. The van der Waals surface area contributed by atoms with Gasteiger partial charge < -0.3 is 19.5 Å². The zero-order chi connectivity index (χ0) is 15.1. The summed E-state index contributed by atoms with van der Waals surface area (Å²) in [5.41, 5.74) is 1.16. The molecule has 0 bridgehead atoms. The third-order valence-corrected chi connectivity index (χ3v) is 4.12. The van der Waals surface area contributed by atoms with Crippen LogP contribution in [-0.4, -0.2) is 40.0 Å². The molecule has 1 saturated carbocycles. The van der Waals surface area contributed by atoms with E-state index in [2.05, 4.69) is 17.4 Å². The largest absolute Gasteiger partial charge is 0.497 e. The first-order valence-corrected chi connectivity index (χ1v) is 7.73. The monoisotopic (exact) mass is 293 g/mol. The molecule has 2 rings (SSSR count). The molecule has 0 saturated heterocycles. The van der Waals surface area contributed by atoms with Crippen LogP contribution in [0.4, 0.5) is 0 Å². The van der Waals surface area contributed by atoms with Gasteiger partial charge in [0.1, 0.15) is 5.75 Å². The molecular weight excluding hydrogens is 266 g/mol. The van der Waals surface area contributed by atoms with Crippen molar-refractivity contribution in [2.24, 2.45) is 0 Å². The fourth-order valence-corrected chi connectivity index (χ4v) is 2.94. The van der Waals surface area contributed by atoms with Gasteiger partial charge in [-0.3, -0.25) is 0 Å². The van der Waals surface area contributed by atoms with Crippen molar-refractivity contribution in [1.29, 1.82) is 0 Å². The summed E-state index contributed by atoms with van der Waals surface area (Å²) in [6.45, 7) is 0.793. The minimum atomic E-state index is 0.0470. The first-order valence-electron chi connectivity index (χ1n) is 7.73. The van der Waals surface area contributed by atoms with E-state index in [1.54, 1.807) is 14.2 Å². The molecular formula is C17H27NO3. The Morgan fingerprint density at radius 1 is 1.24 bits per heavy atom. The van der Waals surface area contributed by atoms with Gasteiger partial charge in [0.2, 0.25) is 0 Å². The van der Waals surface area contributed by atoms with Crippen molar-refractivity contribution >= 4 is 0 Å². The SMILES string of the molecule is CNCC(OC1CCCC(OC)C1)c1cccc(OC)c1. The second kappa shape index (κ2) is 8.37. The Kier molecular flexibility index (Phi) is 6.49. The van der Waals surface area contributed by atoms with E-state index >= 15 is 0 Å². The van der Waals surface area contributed by atoms with Gasteiger partial charge in [0.25, 0.3) is 0 Å². The van der Waals surface area contributed by atoms with Crippen LogP contribution in [0.5, 0.6) is 5.75 Å². The average molecular weight is 293 g/mol. The Bertz CT molecular complexity index is 424. The minimum absolute atomic E-state index is 0.0470. The molecule has 1 aliphatic carbocycles.